The number of unbranched alkanes of at least 4 members (excludes halogenated alkanes) is 2. The van der Waals surface area contributed by atoms with E-state index in [9.17, 15) is 4.79 Å². The molecule has 0 fully saturated rings. The molecule has 0 unspecified atom stereocenters. The fourth-order valence-corrected chi connectivity index (χ4v) is 2.74. The molecule has 0 aliphatic rings. The molecule has 2 rings (SSSR count). The molecule has 5 heteroatoms. The average Bonchev–Trinajstić information content (AvgIpc) is 2.64. The van der Waals surface area contributed by atoms with Crippen molar-refractivity contribution in [2.45, 2.75) is 39.5 Å². The van der Waals surface area contributed by atoms with Gasteiger partial charge in [-0.15, -0.1) is 0 Å². The monoisotopic (exact) mass is 372 g/mol. The number of ether oxygens (including phenoxy) is 1. The van der Waals surface area contributed by atoms with Crippen LogP contribution in [-0.4, -0.2) is 18.2 Å². The van der Waals surface area contributed by atoms with Crippen molar-refractivity contribution in [3.8, 4) is 5.75 Å². The molecule has 26 heavy (non-hydrogen) atoms. The van der Waals surface area contributed by atoms with Crippen LogP contribution in [0.4, 0.5) is 0 Å². The van der Waals surface area contributed by atoms with Gasteiger partial charge in [-0.1, -0.05) is 61.7 Å². The topological polar surface area (TPSA) is 50.7 Å². The number of nitrogens with zero attached hydrogens (tertiary/aromatic N) is 1. The molecule has 0 spiro atoms. The minimum atomic E-state index is -0.289. The van der Waals surface area contributed by atoms with Gasteiger partial charge in [-0.3, -0.25) is 4.79 Å². The number of hydrogen-bond acceptors (Lipinski definition) is 3. The number of hydrazone groups is 1. The van der Waals surface area contributed by atoms with Crippen LogP contribution < -0.4 is 10.2 Å². The number of rotatable bonds is 9. The minimum Gasteiger partial charge on any atom is -0.483 e. The molecule has 0 radical (unpaired) electrons. The lowest BCUT2D eigenvalue weighted by Crippen LogP contribution is -2.26. The molecular formula is C21H25ClN2O2. The van der Waals surface area contributed by atoms with Gasteiger partial charge in [-0.2, -0.15) is 5.10 Å². The van der Waals surface area contributed by atoms with Crippen LogP contribution in [0.2, 0.25) is 5.02 Å². The number of halogens is 1. The van der Waals surface area contributed by atoms with E-state index in [4.69, 9.17) is 16.3 Å². The summed E-state index contributed by atoms with van der Waals surface area (Å²) in [6.45, 7) is 3.96. The first-order valence-electron chi connectivity index (χ1n) is 8.90. The molecular weight excluding hydrogens is 348 g/mol. The zero-order valence-electron chi connectivity index (χ0n) is 15.3. The summed E-state index contributed by atoms with van der Waals surface area (Å²) in [5, 5.41) is 4.97. The normalized spacial score (nSPS) is 11.3. The summed E-state index contributed by atoms with van der Waals surface area (Å²) in [4.78, 5) is 12.1. The van der Waals surface area contributed by atoms with E-state index >= 15 is 0 Å². The third-order valence-electron chi connectivity index (χ3n) is 3.94. The predicted molar refractivity (Wildman–Crippen MR) is 107 cm³/mol. The fraction of sp³-hybridized carbons (Fsp3) is 0.333. The lowest BCUT2D eigenvalue weighted by atomic mass is 10.0. The first-order valence-corrected chi connectivity index (χ1v) is 9.27. The molecule has 0 saturated heterocycles. The van der Waals surface area contributed by atoms with E-state index in [1.54, 1.807) is 18.2 Å². The molecule has 1 amide bonds. The van der Waals surface area contributed by atoms with Crippen LogP contribution in [0.3, 0.4) is 0 Å². The summed E-state index contributed by atoms with van der Waals surface area (Å²) < 4.78 is 5.55. The summed E-state index contributed by atoms with van der Waals surface area (Å²) in [5.74, 6) is 0.350. The van der Waals surface area contributed by atoms with E-state index in [0.717, 1.165) is 42.5 Å². The molecule has 0 aliphatic carbocycles. The Hall–Kier alpha value is -2.33. The van der Waals surface area contributed by atoms with Crippen molar-refractivity contribution in [2.24, 2.45) is 5.10 Å². The SMILES string of the molecule is CCCCC/C(=N/NC(=O)COc1ccc(Cl)cc1C)c1ccccc1. The highest BCUT2D eigenvalue weighted by atomic mass is 35.5. The van der Waals surface area contributed by atoms with Crippen LogP contribution in [0.25, 0.3) is 0 Å². The molecule has 0 aliphatic heterocycles. The van der Waals surface area contributed by atoms with Crippen LogP contribution in [0, 0.1) is 6.92 Å². The first-order chi connectivity index (χ1) is 12.6. The fourth-order valence-electron chi connectivity index (χ4n) is 2.52. The maximum absolute atomic E-state index is 12.1. The van der Waals surface area contributed by atoms with Gasteiger partial charge in [0.25, 0.3) is 5.91 Å². The number of benzene rings is 2. The van der Waals surface area contributed by atoms with Crippen molar-refractivity contribution in [3.05, 3.63) is 64.7 Å². The van der Waals surface area contributed by atoms with Crippen molar-refractivity contribution < 1.29 is 9.53 Å². The van der Waals surface area contributed by atoms with E-state index in [2.05, 4.69) is 17.5 Å². The van der Waals surface area contributed by atoms with Gasteiger partial charge in [-0.05, 0) is 49.1 Å². The average molecular weight is 373 g/mol. The molecule has 138 valence electrons. The maximum Gasteiger partial charge on any atom is 0.277 e. The summed E-state index contributed by atoms with van der Waals surface area (Å²) in [5.41, 5.74) is 5.41. The summed E-state index contributed by atoms with van der Waals surface area (Å²) in [7, 11) is 0. The van der Waals surface area contributed by atoms with Gasteiger partial charge in [0.05, 0.1) is 5.71 Å². The Balaban J connectivity index is 1.95. The Kier molecular flexibility index (Phi) is 8.16. The van der Waals surface area contributed by atoms with E-state index in [1.165, 1.54) is 0 Å². The van der Waals surface area contributed by atoms with E-state index in [1.807, 2.05) is 37.3 Å². The standard InChI is InChI=1S/C21H25ClN2O2/c1-3-4-6-11-19(17-9-7-5-8-10-17)23-24-21(25)15-26-20-13-12-18(22)14-16(20)2/h5,7-10,12-14H,3-4,6,11,15H2,1-2H3,(H,24,25)/b23-19-. The Bertz CT molecular complexity index is 745. The summed E-state index contributed by atoms with van der Waals surface area (Å²) >= 11 is 5.92. The second-order valence-electron chi connectivity index (χ2n) is 6.12. The van der Waals surface area contributed by atoms with Crippen molar-refractivity contribution >= 4 is 23.2 Å². The van der Waals surface area contributed by atoms with Crippen molar-refractivity contribution in [1.29, 1.82) is 0 Å². The third kappa shape index (κ3) is 6.52. The lowest BCUT2D eigenvalue weighted by molar-refractivity contribution is -0.123. The Morgan fingerprint density at radius 3 is 2.62 bits per heavy atom. The number of nitrogens with one attached hydrogen (secondary N) is 1. The molecule has 2 aromatic carbocycles. The van der Waals surface area contributed by atoms with Gasteiger partial charge in [0.1, 0.15) is 5.75 Å². The van der Waals surface area contributed by atoms with Gasteiger partial charge >= 0.3 is 0 Å². The first kappa shape index (κ1) is 20.0. The van der Waals surface area contributed by atoms with Gasteiger partial charge in [-0.25, -0.2) is 5.43 Å². The van der Waals surface area contributed by atoms with E-state index < -0.39 is 0 Å². The number of carbonyl (C=O) groups is 1. The zero-order valence-corrected chi connectivity index (χ0v) is 16.1. The van der Waals surface area contributed by atoms with Crippen LogP contribution in [0.15, 0.2) is 53.6 Å². The highest BCUT2D eigenvalue weighted by Gasteiger charge is 2.07. The number of amides is 1. The van der Waals surface area contributed by atoms with Gasteiger partial charge < -0.3 is 4.74 Å². The van der Waals surface area contributed by atoms with Crippen LogP contribution >= 0.6 is 11.6 Å². The largest absolute Gasteiger partial charge is 0.483 e. The molecule has 2 aromatic rings. The van der Waals surface area contributed by atoms with Crippen LogP contribution in [0.1, 0.15) is 43.7 Å². The highest BCUT2D eigenvalue weighted by molar-refractivity contribution is 6.30. The van der Waals surface area contributed by atoms with Gasteiger partial charge in [0.15, 0.2) is 6.61 Å². The maximum atomic E-state index is 12.1. The van der Waals surface area contributed by atoms with Crippen molar-refractivity contribution in [1.82, 2.24) is 5.43 Å². The number of hydrogen-bond donors (Lipinski definition) is 1. The molecule has 0 saturated carbocycles. The molecule has 4 nitrogen and oxygen atoms in total. The number of carbonyl (C=O) groups excluding carboxylic acids is 1. The smallest absolute Gasteiger partial charge is 0.277 e. The summed E-state index contributed by atoms with van der Waals surface area (Å²) in [6.07, 6.45) is 4.15. The second kappa shape index (κ2) is 10.6. The Morgan fingerprint density at radius 2 is 1.92 bits per heavy atom. The molecule has 0 atom stereocenters. The van der Waals surface area contributed by atoms with Crippen molar-refractivity contribution in [3.63, 3.8) is 0 Å². The van der Waals surface area contributed by atoms with Crippen LogP contribution in [-0.2, 0) is 4.79 Å². The molecule has 1 N–H and O–H groups in total. The quantitative estimate of drug-likeness (QED) is 0.377. The van der Waals surface area contributed by atoms with E-state index in [0.29, 0.717) is 10.8 Å². The zero-order chi connectivity index (χ0) is 18.8. The second-order valence-corrected chi connectivity index (χ2v) is 6.55. The Labute approximate surface area is 160 Å². The number of aryl methyl sites for hydroxylation is 1. The van der Waals surface area contributed by atoms with Gasteiger partial charge in [0.2, 0.25) is 0 Å². The minimum absolute atomic E-state index is 0.0942. The van der Waals surface area contributed by atoms with E-state index in [-0.39, 0.29) is 12.5 Å². The predicted octanol–water partition coefficient (Wildman–Crippen LogP) is 5.13. The lowest BCUT2D eigenvalue weighted by Gasteiger charge is -2.10. The molecule has 0 aromatic heterocycles. The van der Waals surface area contributed by atoms with Crippen LogP contribution in [0.5, 0.6) is 5.75 Å². The summed E-state index contributed by atoms with van der Waals surface area (Å²) in [6, 6.07) is 15.2. The molecule has 0 bridgehead atoms. The molecule has 0 heterocycles. The highest BCUT2D eigenvalue weighted by Crippen LogP contribution is 2.21. The van der Waals surface area contributed by atoms with Gasteiger partial charge in [0, 0.05) is 5.02 Å². The third-order valence-corrected chi connectivity index (χ3v) is 4.17. The Morgan fingerprint density at radius 1 is 1.15 bits per heavy atom. The van der Waals surface area contributed by atoms with Crippen molar-refractivity contribution in [2.75, 3.05) is 6.61 Å².